The van der Waals surface area contributed by atoms with E-state index < -0.39 is 12.6 Å². The Labute approximate surface area is 148 Å². The molecule has 0 saturated heterocycles. The molecule has 0 aromatic heterocycles. The number of nitrogens with one attached hydrogen (secondary N) is 1. The number of aryl methyl sites for hydroxylation is 1. The maximum atomic E-state index is 12.3. The Morgan fingerprint density at radius 3 is 2.72 bits per heavy atom. The first-order valence-electron chi connectivity index (χ1n) is 7.62. The molecular weight excluding hydrogens is 344 g/mol. The molecule has 3 rings (SSSR count). The zero-order chi connectivity index (χ0) is 18.0. The highest BCUT2D eigenvalue weighted by atomic mass is 35.5. The van der Waals surface area contributed by atoms with E-state index in [1.54, 1.807) is 18.2 Å². The summed E-state index contributed by atoms with van der Waals surface area (Å²) in [6.07, 6.45) is 0.957. The van der Waals surface area contributed by atoms with Crippen molar-refractivity contribution in [3.05, 3.63) is 58.1 Å². The third-order valence-corrected chi connectivity index (χ3v) is 4.13. The first-order chi connectivity index (χ1) is 11.9. The molecule has 2 aromatic rings. The van der Waals surface area contributed by atoms with Crippen molar-refractivity contribution in [2.24, 2.45) is 0 Å². The lowest BCUT2D eigenvalue weighted by atomic mass is 9.99. The number of Topliss-reactive ketones (excluding diaryl/α,β-unsaturated/α-hetero) is 1. The van der Waals surface area contributed by atoms with Gasteiger partial charge in [0.15, 0.2) is 12.4 Å². The second-order valence-electron chi connectivity index (χ2n) is 5.65. The fourth-order valence-corrected chi connectivity index (χ4v) is 2.75. The quantitative estimate of drug-likeness (QED) is 0.497. The van der Waals surface area contributed by atoms with E-state index in [1.165, 1.54) is 18.2 Å². The van der Waals surface area contributed by atoms with Crippen LogP contribution in [-0.4, -0.2) is 24.3 Å². The number of rotatable bonds is 4. The summed E-state index contributed by atoms with van der Waals surface area (Å²) in [7, 11) is 0. The Kier molecular flexibility index (Phi) is 4.72. The van der Waals surface area contributed by atoms with Gasteiger partial charge in [0, 0.05) is 28.4 Å². The second kappa shape index (κ2) is 6.94. The molecule has 1 amide bonds. The van der Waals surface area contributed by atoms with Gasteiger partial charge in [0.05, 0.1) is 5.56 Å². The van der Waals surface area contributed by atoms with Crippen molar-refractivity contribution in [1.29, 1.82) is 0 Å². The van der Waals surface area contributed by atoms with Crippen LogP contribution in [0.5, 0.6) is 0 Å². The minimum atomic E-state index is -0.687. The van der Waals surface area contributed by atoms with Crippen molar-refractivity contribution >= 4 is 40.6 Å². The highest BCUT2D eigenvalue weighted by Crippen LogP contribution is 2.24. The molecule has 0 saturated carbocycles. The van der Waals surface area contributed by atoms with E-state index in [2.05, 4.69) is 5.32 Å². The minimum Gasteiger partial charge on any atom is -0.454 e. The molecule has 0 fully saturated rings. The first kappa shape index (κ1) is 17.0. The van der Waals surface area contributed by atoms with Crippen LogP contribution in [0.4, 0.5) is 11.4 Å². The number of ketones is 1. The fraction of sp³-hybridized carbons (Fsp3) is 0.167. The van der Waals surface area contributed by atoms with Crippen molar-refractivity contribution in [3.63, 3.8) is 0 Å². The van der Waals surface area contributed by atoms with Gasteiger partial charge in [-0.25, -0.2) is 4.79 Å². The number of nitrogens with two attached hydrogens (primary N) is 1. The number of halogens is 1. The van der Waals surface area contributed by atoms with Gasteiger partial charge >= 0.3 is 5.97 Å². The van der Waals surface area contributed by atoms with Gasteiger partial charge in [-0.05, 0) is 48.4 Å². The van der Waals surface area contributed by atoms with Crippen LogP contribution in [0.2, 0.25) is 5.02 Å². The van der Waals surface area contributed by atoms with E-state index in [9.17, 15) is 14.4 Å². The van der Waals surface area contributed by atoms with Gasteiger partial charge in [0.25, 0.3) is 0 Å². The molecule has 25 heavy (non-hydrogen) atoms. The number of anilines is 2. The monoisotopic (exact) mass is 358 g/mol. The number of benzene rings is 2. The standard InChI is InChI=1S/C18H15ClN2O4/c19-12-3-4-13(14(20)8-12)18(24)25-9-16(22)11-1-5-15-10(7-11)2-6-17(23)21-15/h1,3-5,7-8H,2,6,9,20H2,(H,21,23). The fourth-order valence-electron chi connectivity index (χ4n) is 2.57. The number of hydrogen-bond donors (Lipinski definition) is 2. The Bertz CT molecular complexity index is 879. The van der Waals surface area contributed by atoms with Crippen LogP contribution in [0.15, 0.2) is 36.4 Å². The van der Waals surface area contributed by atoms with Gasteiger partial charge in [-0.3, -0.25) is 9.59 Å². The van der Waals surface area contributed by atoms with Gasteiger partial charge in [0.2, 0.25) is 5.91 Å². The Morgan fingerprint density at radius 1 is 1.16 bits per heavy atom. The molecule has 0 aliphatic carbocycles. The molecule has 6 nitrogen and oxygen atoms in total. The summed E-state index contributed by atoms with van der Waals surface area (Å²) in [4.78, 5) is 35.6. The predicted molar refractivity (Wildman–Crippen MR) is 93.9 cm³/mol. The third kappa shape index (κ3) is 3.80. The van der Waals surface area contributed by atoms with E-state index >= 15 is 0 Å². The molecule has 0 radical (unpaired) electrons. The van der Waals surface area contributed by atoms with Crippen molar-refractivity contribution in [1.82, 2.24) is 0 Å². The molecule has 0 atom stereocenters. The van der Waals surface area contributed by atoms with Gasteiger partial charge < -0.3 is 15.8 Å². The maximum absolute atomic E-state index is 12.3. The molecule has 0 unspecified atom stereocenters. The van der Waals surface area contributed by atoms with Gasteiger partial charge in [-0.15, -0.1) is 0 Å². The lowest BCUT2D eigenvalue weighted by Crippen LogP contribution is -2.20. The zero-order valence-corrected chi connectivity index (χ0v) is 13.9. The molecule has 1 heterocycles. The lowest BCUT2D eigenvalue weighted by Gasteiger charge is -2.17. The summed E-state index contributed by atoms with van der Waals surface area (Å²) in [5.41, 5.74) is 8.09. The van der Waals surface area contributed by atoms with Crippen LogP contribution in [0.25, 0.3) is 0 Å². The Balaban J connectivity index is 1.66. The number of esters is 1. The van der Waals surface area contributed by atoms with Crippen LogP contribution in [-0.2, 0) is 16.0 Å². The molecule has 7 heteroatoms. The summed E-state index contributed by atoms with van der Waals surface area (Å²) in [6, 6.07) is 9.40. The van der Waals surface area contributed by atoms with Crippen molar-refractivity contribution in [2.75, 3.05) is 17.7 Å². The normalized spacial score (nSPS) is 12.9. The van der Waals surface area contributed by atoms with E-state index in [4.69, 9.17) is 22.1 Å². The number of carbonyl (C=O) groups excluding carboxylic acids is 3. The van der Waals surface area contributed by atoms with Crippen LogP contribution in [0.1, 0.15) is 32.7 Å². The molecule has 3 N–H and O–H groups in total. The average molecular weight is 359 g/mol. The third-order valence-electron chi connectivity index (χ3n) is 3.89. The summed E-state index contributed by atoms with van der Waals surface area (Å²) < 4.78 is 5.04. The summed E-state index contributed by atoms with van der Waals surface area (Å²) in [6.45, 7) is -0.397. The summed E-state index contributed by atoms with van der Waals surface area (Å²) >= 11 is 5.78. The smallest absolute Gasteiger partial charge is 0.340 e. The number of ether oxygens (including phenoxy) is 1. The minimum absolute atomic E-state index is 0.0407. The van der Waals surface area contributed by atoms with Gasteiger partial charge in [-0.1, -0.05) is 11.6 Å². The number of hydrogen-bond acceptors (Lipinski definition) is 5. The van der Waals surface area contributed by atoms with Crippen molar-refractivity contribution in [2.45, 2.75) is 12.8 Å². The zero-order valence-electron chi connectivity index (χ0n) is 13.2. The highest BCUT2D eigenvalue weighted by Gasteiger charge is 2.18. The SMILES string of the molecule is Nc1cc(Cl)ccc1C(=O)OCC(=O)c1ccc2c(c1)CCC(=O)N2. The van der Waals surface area contributed by atoms with Crippen LogP contribution in [0.3, 0.4) is 0 Å². The van der Waals surface area contributed by atoms with Gasteiger partial charge in [-0.2, -0.15) is 0 Å². The van der Waals surface area contributed by atoms with E-state index in [1.807, 2.05) is 0 Å². The summed E-state index contributed by atoms with van der Waals surface area (Å²) in [5, 5.41) is 3.16. The van der Waals surface area contributed by atoms with E-state index in [-0.39, 0.29) is 22.9 Å². The first-order valence-corrected chi connectivity index (χ1v) is 8.00. The molecule has 2 aromatic carbocycles. The predicted octanol–water partition coefficient (Wildman–Crippen LogP) is 2.85. The van der Waals surface area contributed by atoms with Gasteiger partial charge in [0.1, 0.15) is 0 Å². The molecule has 0 bridgehead atoms. The van der Waals surface area contributed by atoms with Crippen molar-refractivity contribution in [3.8, 4) is 0 Å². The number of nitrogen functional groups attached to an aromatic ring is 1. The molecule has 0 spiro atoms. The van der Waals surface area contributed by atoms with Crippen LogP contribution >= 0.6 is 11.6 Å². The lowest BCUT2D eigenvalue weighted by molar-refractivity contribution is -0.116. The molecule has 1 aliphatic heterocycles. The molecule has 1 aliphatic rings. The summed E-state index contributed by atoms with van der Waals surface area (Å²) in [5.74, 6) is -1.06. The Hall–Kier alpha value is -2.86. The Morgan fingerprint density at radius 2 is 1.96 bits per heavy atom. The van der Waals surface area contributed by atoms with E-state index in [0.717, 1.165) is 5.56 Å². The largest absolute Gasteiger partial charge is 0.454 e. The van der Waals surface area contributed by atoms with Crippen LogP contribution < -0.4 is 11.1 Å². The van der Waals surface area contributed by atoms with Crippen molar-refractivity contribution < 1.29 is 19.1 Å². The molecular formula is C18H15ClN2O4. The van der Waals surface area contributed by atoms with Crippen LogP contribution in [0, 0.1) is 0 Å². The number of carbonyl (C=O) groups is 3. The molecule has 128 valence electrons. The number of amides is 1. The van der Waals surface area contributed by atoms with E-state index in [0.29, 0.717) is 29.1 Å². The topological polar surface area (TPSA) is 98.5 Å². The average Bonchev–Trinajstić information content (AvgIpc) is 2.58. The second-order valence-corrected chi connectivity index (χ2v) is 6.09. The highest BCUT2D eigenvalue weighted by molar-refractivity contribution is 6.31. The maximum Gasteiger partial charge on any atom is 0.340 e. The number of fused-ring (bicyclic) bond motifs is 1.